The van der Waals surface area contributed by atoms with E-state index in [0.717, 1.165) is 190 Å². The van der Waals surface area contributed by atoms with Crippen LogP contribution in [0.3, 0.4) is 0 Å². The molecule has 442 valence electrons. The van der Waals surface area contributed by atoms with Gasteiger partial charge in [-0.3, -0.25) is 16.7 Å². The summed E-state index contributed by atoms with van der Waals surface area (Å²) in [6.07, 6.45) is 22.9. The molecular formula is C56H82N8O12S4. The second kappa shape index (κ2) is 26.8. The summed E-state index contributed by atoms with van der Waals surface area (Å²) in [7, 11) is -14.2. The summed E-state index contributed by atoms with van der Waals surface area (Å²) in [4.78, 5) is 29.0. The van der Waals surface area contributed by atoms with Crippen molar-refractivity contribution in [3.63, 3.8) is 0 Å². The first-order valence-corrected chi connectivity index (χ1v) is 35.8. The van der Waals surface area contributed by atoms with E-state index in [9.17, 15) is 33.7 Å². The average Bonchev–Trinajstić information content (AvgIpc) is 4.35. The number of hydrogen-bond acceptors (Lipinski definition) is 18. The fraction of sp³-hybridized carbons (Fsp3) is 0.643. The third-order valence-corrected chi connectivity index (χ3v) is 18.6. The molecule has 3 aromatic heterocycles. The third-order valence-electron chi connectivity index (χ3n) is 16.2. The molecule has 0 amide bonds. The number of fused-ring (bicyclic) bond motifs is 8. The second-order valence-electron chi connectivity index (χ2n) is 22.7. The first-order valence-electron chi connectivity index (χ1n) is 28.5. The van der Waals surface area contributed by atoms with Crippen LogP contribution in [-0.2, 0) is 57.2 Å². The zero-order valence-corrected chi connectivity index (χ0v) is 50.2. The first-order chi connectivity index (χ1) is 38.1. The molecule has 0 aromatic carbocycles. The van der Waals surface area contributed by atoms with Gasteiger partial charge in [-0.05, 0) is 152 Å². The third kappa shape index (κ3) is 17.1. The maximum Gasteiger partial charge on any atom is 0.264 e. The minimum absolute atomic E-state index is 0.0723. The van der Waals surface area contributed by atoms with Crippen molar-refractivity contribution in [2.45, 2.75) is 101 Å². The molecule has 0 radical (unpaired) electrons. The predicted octanol–water partition coefficient (Wildman–Crippen LogP) is 6.84. The van der Waals surface area contributed by atoms with Gasteiger partial charge in [-0.2, -0.15) is 33.7 Å². The van der Waals surface area contributed by atoms with Crippen molar-refractivity contribution in [3.8, 4) is 0 Å². The Bertz CT molecular complexity index is 3210. The molecule has 6 aliphatic rings. The van der Waals surface area contributed by atoms with Crippen LogP contribution in [0.25, 0.3) is 46.4 Å². The maximum atomic E-state index is 11.8. The lowest BCUT2D eigenvalue weighted by atomic mass is 9.88. The SMILES string of the molecule is CS(=O)(=O)OCCCN1CCCC(c2c3nc(c(C4CCCN(CCCOS(C)(=O)=O)C4)c4ccc([nH]4)c(C4CCCN(CCCOS(C)(=O)=O)C4)c4ccc([nH]4)c(C4CCCN(CCCOS(C)(=O)=O)C4)c4nc2C=C4)C=C3)C1. The Labute approximate surface area is 474 Å². The summed E-state index contributed by atoms with van der Waals surface area (Å²) in [5.41, 5.74) is 12.0. The summed E-state index contributed by atoms with van der Waals surface area (Å²) in [5.74, 6) is 0.383. The van der Waals surface area contributed by atoms with Crippen molar-refractivity contribution in [3.05, 3.63) is 69.3 Å². The maximum absolute atomic E-state index is 11.8. The van der Waals surface area contributed by atoms with Crippen molar-refractivity contribution in [1.29, 1.82) is 0 Å². The van der Waals surface area contributed by atoms with E-state index in [2.05, 4.69) is 78.1 Å². The Balaban J connectivity index is 1.19. The van der Waals surface area contributed by atoms with Gasteiger partial charge in [-0.1, -0.05) is 0 Å². The summed E-state index contributed by atoms with van der Waals surface area (Å²) in [5, 5.41) is 0. The molecule has 4 unspecified atom stereocenters. The highest BCUT2D eigenvalue weighted by Crippen LogP contribution is 2.41. The quantitative estimate of drug-likeness (QED) is 0.0474. The number of rotatable bonds is 24. The number of nitrogens with zero attached hydrogens (tertiary/aromatic N) is 6. The summed E-state index contributed by atoms with van der Waals surface area (Å²) in [6.45, 7) is 9.91. The monoisotopic (exact) mass is 1190 g/mol. The minimum atomic E-state index is -3.55. The highest BCUT2D eigenvalue weighted by atomic mass is 32.2. The summed E-state index contributed by atoms with van der Waals surface area (Å²) in [6, 6.07) is 8.85. The highest BCUT2D eigenvalue weighted by molar-refractivity contribution is 7.86. The fourth-order valence-corrected chi connectivity index (χ4v) is 14.7. The molecule has 80 heavy (non-hydrogen) atoms. The van der Waals surface area contributed by atoms with E-state index in [1.165, 1.54) is 5.56 Å². The van der Waals surface area contributed by atoms with E-state index in [4.69, 9.17) is 26.7 Å². The van der Waals surface area contributed by atoms with E-state index >= 15 is 0 Å². The van der Waals surface area contributed by atoms with Gasteiger partial charge < -0.3 is 29.6 Å². The Kier molecular flexibility index (Phi) is 20.3. The van der Waals surface area contributed by atoms with Gasteiger partial charge in [-0.15, -0.1) is 0 Å². The molecule has 4 saturated heterocycles. The Morgan fingerprint density at radius 3 is 0.938 bits per heavy atom. The van der Waals surface area contributed by atoms with Crippen molar-refractivity contribution in [2.24, 2.45) is 0 Å². The van der Waals surface area contributed by atoms with Crippen LogP contribution in [-0.4, -0.2) is 203 Å². The fourth-order valence-electron chi connectivity index (χ4n) is 13.0. The highest BCUT2D eigenvalue weighted by Gasteiger charge is 2.32. The largest absolute Gasteiger partial charge is 0.355 e. The van der Waals surface area contributed by atoms with Crippen LogP contribution in [0.4, 0.5) is 0 Å². The van der Waals surface area contributed by atoms with Gasteiger partial charge >= 0.3 is 0 Å². The predicted molar refractivity (Wildman–Crippen MR) is 314 cm³/mol. The number of aromatic amines is 2. The molecule has 6 aliphatic heterocycles. The molecule has 20 nitrogen and oxygen atoms in total. The van der Waals surface area contributed by atoms with E-state index in [0.29, 0.717) is 51.9 Å². The van der Waals surface area contributed by atoms with Crippen LogP contribution < -0.4 is 0 Å². The van der Waals surface area contributed by atoms with E-state index < -0.39 is 40.5 Å². The molecule has 2 N–H and O–H groups in total. The lowest BCUT2D eigenvalue weighted by Crippen LogP contribution is -2.36. The molecule has 4 atom stereocenters. The number of hydrogen-bond donors (Lipinski definition) is 2. The molecule has 9 heterocycles. The topological polar surface area (TPSA) is 244 Å². The molecule has 4 fully saturated rings. The van der Waals surface area contributed by atoms with Gasteiger partial charge in [0, 0.05) is 120 Å². The standard InChI is InChI=1S/C56H82N8O12S4/c1-77(65,66)73-33-9-29-61-25-5-13-41(37-61)53-45-17-19-47(57-45)54(42-14-6-26-62(38-42)30-10-34-74-78(2,67)68)49-21-23-51(59-49)56(44-16-8-28-64(40-44)32-12-36-76-80(4,71)72)52-24-22-50(60-52)55(48-20-18-46(53)58-48)43-15-7-27-63(39-43)31-11-35-75-79(3,69)70/h17-24,41-44,57-58H,5-16,25-40H2,1-4H3. The smallest absolute Gasteiger partial charge is 0.264 e. The van der Waals surface area contributed by atoms with E-state index in [1.807, 2.05) is 0 Å². The summed E-state index contributed by atoms with van der Waals surface area (Å²) >= 11 is 0. The van der Waals surface area contributed by atoms with Crippen molar-refractivity contribution >= 4 is 86.8 Å². The second-order valence-corrected chi connectivity index (χ2v) is 29.3. The Morgan fingerprint density at radius 2 is 0.650 bits per heavy atom. The lowest BCUT2D eigenvalue weighted by Gasteiger charge is -2.34. The average molecular weight is 1190 g/mol. The lowest BCUT2D eigenvalue weighted by molar-refractivity contribution is 0.190. The molecule has 8 bridgehead atoms. The minimum Gasteiger partial charge on any atom is -0.355 e. The molecule has 9 rings (SSSR count). The van der Waals surface area contributed by atoms with Crippen LogP contribution in [0, 0.1) is 0 Å². The molecule has 0 aliphatic carbocycles. The van der Waals surface area contributed by atoms with Crippen molar-refractivity contribution in [2.75, 3.05) is 130 Å². The molecule has 0 saturated carbocycles. The molecule has 0 spiro atoms. The Hall–Kier alpha value is -3.92. The van der Waals surface area contributed by atoms with Crippen molar-refractivity contribution < 1.29 is 50.4 Å². The summed E-state index contributed by atoms with van der Waals surface area (Å²) < 4.78 is 115. The zero-order chi connectivity index (χ0) is 56.7. The number of H-pyrrole nitrogens is 2. The first kappa shape index (κ1) is 60.7. The molecular weight excluding hydrogens is 1100 g/mol. The van der Waals surface area contributed by atoms with Crippen LogP contribution in [0.15, 0.2) is 24.3 Å². The number of aromatic nitrogens is 4. The zero-order valence-electron chi connectivity index (χ0n) is 46.9. The van der Waals surface area contributed by atoms with E-state index in [-0.39, 0.29) is 50.1 Å². The van der Waals surface area contributed by atoms with Crippen molar-refractivity contribution in [1.82, 2.24) is 39.5 Å². The number of piperidine rings is 4. The number of nitrogens with one attached hydrogen (secondary N) is 2. The molecule has 24 heteroatoms. The van der Waals surface area contributed by atoms with Gasteiger partial charge in [0.1, 0.15) is 0 Å². The van der Waals surface area contributed by atoms with Crippen LogP contribution >= 0.6 is 0 Å². The van der Waals surface area contributed by atoms with Crippen LogP contribution in [0.1, 0.15) is 146 Å². The van der Waals surface area contributed by atoms with Gasteiger partial charge in [-0.25, -0.2) is 9.97 Å². The van der Waals surface area contributed by atoms with Gasteiger partial charge in [0.2, 0.25) is 0 Å². The Morgan fingerprint density at radius 1 is 0.400 bits per heavy atom. The van der Waals surface area contributed by atoms with Gasteiger partial charge in [0.25, 0.3) is 40.5 Å². The van der Waals surface area contributed by atoms with Crippen LogP contribution in [0.5, 0.6) is 0 Å². The molecule has 3 aromatic rings. The van der Waals surface area contributed by atoms with E-state index in [1.54, 1.807) is 0 Å². The van der Waals surface area contributed by atoms with Crippen LogP contribution in [0.2, 0.25) is 0 Å². The normalized spacial score (nSPS) is 22.4. The van der Waals surface area contributed by atoms with Gasteiger partial charge in [0.05, 0.1) is 74.2 Å². The van der Waals surface area contributed by atoms with Gasteiger partial charge in [0.15, 0.2) is 0 Å². The number of likely N-dealkylation sites (tertiary alicyclic amines) is 4.